The van der Waals surface area contributed by atoms with Crippen molar-refractivity contribution in [2.24, 2.45) is 0 Å². The molecule has 0 fully saturated rings. The van der Waals surface area contributed by atoms with Crippen molar-refractivity contribution < 1.29 is 8.78 Å². The van der Waals surface area contributed by atoms with Crippen LogP contribution < -0.4 is 10.2 Å². The van der Waals surface area contributed by atoms with Gasteiger partial charge in [-0.2, -0.15) is 0 Å². The Morgan fingerprint density at radius 3 is 2.60 bits per heavy atom. The zero-order chi connectivity index (χ0) is 11.4. The van der Waals surface area contributed by atoms with Crippen molar-refractivity contribution in [2.45, 2.75) is 19.4 Å². The van der Waals surface area contributed by atoms with E-state index < -0.39 is 12.5 Å². The average Bonchev–Trinajstić information content (AvgIpc) is 2.18. The third kappa shape index (κ3) is 3.04. The van der Waals surface area contributed by atoms with Crippen LogP contribution >= 0.6 is 0 Å². The second-order valence-corrected chi connectivity index (χ2v) is 3.55. The SMILES string of the molecule is CC(Nc1cnccc1N(C)C)C(F)F. The zero-order valence-electron chi connectivity index (χ0n) is 9.04. The molecule has 0 aliphatic heterocycles. The van der Waals surface area contributed by atoms with Crippen LogP contribution in [0.3, 0.4) is 0 Å². The van der Waals surface area contributed by atoms with Crippen LogP contribution in [-0.4, -0.2) is 31.5 Å². The molecule has 1 unspecified atom stereocenters. The van der Waals surface area contributed by atoms with Gasteiger partial charge < -0.3 is 10.2 Å². The molecular formula is C10H15F2N3. The molecule has 1 aromatic rings. The maximum absolute atomic E-state index is 12.4. The first-order valence-corrected chi connectivity index (χ1v) is 4.68. The van der Waals surface area contributed by atoms with E-state index in [-0.39, 0.29) is 0 Å². The molecule has 1 atom stereocenters. The smallest absolute Gasteiger partial charge is 0.258 e. The lowest BCUT2D eigenvalue weighted by Crippen LogP contribution is -2.25. The molecule has 84 valence electrons. The monoisotopic (exact) mass is 215 g/mol. The summed E-state index contributed by atoms with van der Waals surface area (Å²) in [6.45, 7) is 1.44. The Morgan fingerprint density at radius 1 is 1.40 bits per heavy atom. The van der Waals surface area contributed by atoms with Gasteiger partial charge in [0, 0.05) is 20.3 Å². The lowest BCUT2D eigenvalue weighted by Gasteiger charge is -2.20. The minimum Gasteiger partial charge on any atom is -0.376 e. The van der Waals surface area contributed by atoms with Crippen molar-refractivity contribution in [3.05, 3.63) is 18.5 Å². The van der Waals surface area contributed by atoms with Crippen LogP contribution in [0.5, 0.6) is 0 Å². The molecule has 3 nitrogen and oxygen atoms in total. The molecule has 1 aromatic heterocycles. The van der Waals surface area contributed by atoms with Crippen molar-refractivity contribution in [3.8, 4) is 0 Å². The summed E-state index contributed by atoms with van der Waals surface area (Å²) in [7, 11) is 3.71. The average molecular weight is 215 g/mol. The number of pyridine rings is 1. The summed E-state index contributed by atoms with van der Waals surface area (Å²) >= 11 is 0. The fraction of sp³-hybridized carbons (Fsp3) is 0.500. The van der Waals surface area contributed by atoms with Crippen molar-refractivity contribution in [2.75, 3.05) is 24.3 Å². The molecule has 15 heavy (non-hydrogen) atoms. The normalized spacial score (nSPS) is 12.7. The van der Waals surface area contributed by atoms with Gasteiger partial charge in [-0.05, 0) is 13.0 Å². The third-order valence-electron chi connectivity index (χ3n) is 2.04. The highest BCUT2D eigenvalue weighted by atomic mass is 19.3. The first-order valence-electron chi connectivity index (χ1n) is 4.68. The Morgan fingerprint density at radius 2 is 2.07 bits per heavy atom. The molecule has 0 saturated heterocycles. The van der Waals surface area contributed by atoms with Gasteiger partial charge in [-0.25, -0.2) is 8.78 Å². The second kappa shape index (κ2) is 4.91. The Balaban J connectivity index is 2.84. The van der Waals surface area contributed by atoms with Gasteiger partial charge in [-0.1, -0.05) is 0 Å². The van der Waals surface area contributed by atoms with Crippen LogP contribution in [0.1, 0.15) is 6.92 Å². The summed E-state index contributed by atoms with van der Waals surface area (Å²) in [5.41, 5.74) is 1.47. The molecule has 1 heterocycles. The molecule has 0 aliphatic carbocycles. The van der Waals surface area contributed by atoms with Gasteiger partial charge in [0.2, 0.25) is 0 Å². The molecule has 1 N–H and O–H groups in total. The molecule has 0 aliphatic rings. The molecule has 5 heteroatoms. The van der Waals surface area contributed by atoms with Crippen LogP contribution in [0, 0.1) is 0 Å². The number of anilines is 2. The fourth-order valence-corrected chi connectivity index (χ4v) is 1.20. The van der Waals surface area contributed by atoms with E-state index in [0.29, 0.717) is 5.69 Å². The molecular weight excluding hydrogens is 200 g/mol. The maximum atomic E-state index is 12.4. The minimum absolute atomic E-state index is 0.621. The summed E-state index contributed by atoms with van der Waals surface area (Å²) in [4.78, 5) is 5.76. The van der Waals surface area contributed by atoms with Crippen molar-refractivity contribution in [1.29, 1.82) is 0 Å². The predicted molar refractivity (Wildman–Crippen MR) is 57.7 cm³/mol. The van der Waals surface area contributed by atoms with Gasteiger partial charge in [0.15, 0.2) is 0 Å². The van der Waals surface area contributed by atoms with Gasteiger partial charge in [0.05, 0.1) is 23.6 Å². The molecule has 0 bridgehead atoms. The zero-order valence-corrected chi connectivity index (χ0v) is 9.04. The summed E-state index contributed by atoms with van der Waals surface area (Å²) in [5.74, 6) is 0. The van der Waals surface area contributed by atoms with Crippen LogP contribution in [0.15, 0.2) is 18.5 Å². The first-order chi connectivity index (χ1) is 7.02. The number of hydrogen-bond donors (Lipinski definition) is 1. The number of aromatic nitrogens is 1. The summed E-state index contributed by atoms with van der Waals surface area (Å²) in [6, 6.07) is 0.897. The van der Waals surface area contributed by atoms with Crippen molar-refractivity contribution in [3.63, 3.8) is 0 Å². The molecule has 0 aromatic carbocycles. The lowest BCUT2D eigenvalue weighted by atomic mass is 10.3. The van der Waals surface area contributed by atoms with E-state index in [0.717, 1.165) is 5.69 Å². The second-order valence-electron chi connectivity index (χ2n) is 3.55. The van der Waals surface area contributed by atoms with Crippen molar-refractivity contribution >= 4 is 11.4 Å². The summed E-state index contributed by atoms with van der Waals surface area (Å²) < 4.78 is 24.7. The molecule has 0 amide bonds. The van der Waals surface area contributed by atoms with Crippen molar-refractivity contribution in [1.82, 2.24) is 4.98 Å². The Kier molecular flexibility index (Phi) is 3.82. The van der Waals surface area contributed by atoms with Crippen LogP contribution in [0.2, 0.25) is 0 Å². The van der Waals surface area contributed by atoms with Crippen LogP contribution in [0.25, 0.3) is 0 Å². The van der Waals surface area contributed by atoms with E-state index in [1.165, 1.54) is 6.92 Å². The Hall–Kier alpha value is -1.39. The standard InChI is InChI=1S/C10H15F2N3/c1-7(10(11)12)14-8-6-13-5-4-9(8)15(2)3/h4-7,10,14H,1-3H3. The van der Waals surface area contributed by atoms with Gasteiger partial charge in [-0.15, -0.1) is 0 Å². The van der Waals surface area contributed by atoms with E-state index >= 15 is 0 Å². The molecule has 1 rings (SSSR count). The molecule has 0 saturated carbocycles. The summed E-state index contributed by atoms with van der Waals surface area (Å²) in [6.07, 6.45) is 0.794. The number of halogens is 2. The first kappa shape index (κ1) is 11.7. The number of alkyl halides is 2. The van der Waals surface area contributed by atoms with E-state index in [1.54, 1.807) is 18.5 Å². The number of nitrogens with zero attached hydrogens (tertiary/aromatic N) is 2. The van der Waals surface area contributed by atoms with Gasteiger partial charge in [0.25, 0.3) is 6.43 Å². The van der Waals surface area contributed by atoms with E-state index in [9.17, 15) is 8.78 Å². The maximum Gasteiger partial charge on any atom is 0.258 e. The highest BCUT2D eigenvalue weighted by Gasteiger charge is 2.15. The topological polar surface area (TPSA) is 28.2 Å². The Labute approximate surface area is 88.1 Å². The third-order valence-corrected chi connectivity index (χ3v) is 2.04. The Bertz CT molecular complexity index is 315. The minimum atomic E-state index is -2.39. The molecule has 0 spiro atoms. The number of nitrogens with one attached hydrogen (secondary N) is 1. The predicted octanol–water partition coefficient (Wildman–Crippen LogP) is 2.21. The van der Waals surface area contributed by atoms with Gasteiger partial charge in [0.1, 0.15) is 0 Å². The molecule has 0 radical (unpaired) electrons. The quantitative estimate of drug-likeness (QED) is 0.834. The van der Waals surface area contributed by atoms with E-state index in [1.807, 2.05) is 19.0 Å². The fourth-order valence-electron chi connectivity index (χ4n) is 1.20. The highest BCUT2D eigenvalue weighted by Crippen LogP contribution is 2.23. The van der Waals surface area contributed by atoms with Gasteiger partial charge >= 0.3 is 0 Å². The van der Waals surface area contributed by atoms with Gasteiger partial charge in [-0.3, -0.25) is 4.98 Å². The van der Waals surface area contributed by atoms with Crippen LogP contribution in [-0.2, 0) is 0 Å². The lowest BCUT2D eigenvalue weighted by molar-refractivity contribution is 0.131. The number of hydrogen-bond acceptors (Lipinski definition) is 3. The van der Waals surface area contributed by atoms with E-state index in [4.69, 9.17) is 0 Å². The van der Waals surface area contributed by atoms with Crippen LogP contribution in [0.4, 0.5) is 20.2 Å². The van der Waals surface area contributed by atoms with E-state index in [2.05, 4.69) is 10.3 Å². The number of rotatable bonds is 4. The summed E-state index contributed by atoms with van der Waals surface area (Å²) in [5, 5.41) is 2.74. The largest absolute Gasteiger partial charge is 0.376 e. The highest BCUT2D eigenvalue weighted by molar-refractivity contribution is 5.68.